The van der Waals surface area contributed by atoms with E-state index in [9.17, 15) is 4.79 Å². The molecule has 1 fully saturated rings. The number of hydrogen-bond donors (Lipinski definition) is 0. The number of ether oxygens (including phenoxy) is 2. The smallest absolute Gasteiger partial charge is 0.313 e. The van der Waals surface area contributed by atoms with E-state index in [1.54, 1.807) is 7.11 Å². The van der Waals surface area contributed by atoms with Crippen LogP contribution in [-0.4, -0.2) is 18.7 Å². The highest BCUT2D eigenvalue weighted by atomic mass is 16.6. The van der Waals surface area contributed by atoms with Gasteiger partial charge in [-0.25, -0.2) is 0 Å². The van der Waals surface area contributed by atoms with Crippen LogP contribution >= 0.6 is 0 Å². The van der Waals surface area contributed by atoms with Gasteiger partial charge in [-0.3, -0.25) is 4.79 Å². The molecule has 0 aromatic heterocycles. The molecule has 0 bridgehead atoms. The Morgan fingerprint density at radius 2 is 1.95 bits per heavy atom. The standard InChI is InChI=1S/C16H22O3/c1-15(2)10-13(14(17)19-16(15,3)4)11-7-6-8-12(9-11)18-5/h6-9,13H,10H2,1-5H3. The van der Waals surface area contributed by atoms with Crippen LogP contribution in [0.25, 0.3) is 0 Å². The molecule has 0 spiro atoms. The van der Waals surface area contributed by atoms with E-state index in [2.05, 4.69) is 13.8 Å². The molecular formula is C16H22O3. The summed E-state index contributed by atoms with van der Waals surface area (Å²) in [5.41, 5.74) is 0.474. The average Bonchev–Trinajstić information content (AvgIpc) is 2.34. The van der Waals surface area contributed by atoms with Crippen molar-refractivity contribution < 1.29 is 14.3 Å². The molecule has 1 unspecified atom stereocenters. The summed E-state index contributed by atoms with van der Waals surface area (Å²) in [6, 6.07) is 7.67. The van der Waals surface area contributed by atoms with E-state index in [-0.39, 0.29) is 17.3 Å². The van der Waals surface area contributed by atoms with E-state index >= 15 is 0 Å². The molecule has 1 aliphatic heterocycles. The topological polar surface area (TPSA) is 35.5 Å². The molecule has 1 saturated heterocycles. The van der Waals surface area contributed by atoms with Gasteiger partial charge < -0.3 is 9.47 Å². The van der Waals surface area contributed by atoms with Crippen molar-refractivity contribution >= 4 is 5.97 Å². The summed E-state index contributed by atoms with van der Waals surface area (Å²) in [7, 11) is 1.63. The van der Waals surface area contributed by atoms with E-state index in [0.29, 0.717) is 0 Å². The maximum absolute atomic E-state index is 12.2. The summed E-state index contributed by atoms with van der Waals surface area (Å²) in [5.74, 6) is 0.420. The zero-order valence-corrected chi connectivity index (χ0v) is 12.3. The van der Waals surface area contributed by atoms with Gasteiger partial charge in [-0.2, -0.15) is 0 Å². The molecule has 0 aliphatic carbocycles. The fraction of sp³-hybridized carbons (Fsp3) is 0.562. The molecule has 1 aromatic carbocycles. The molecule has 1 heterocycles. The van der Waals surface area contributed by atoms with E-state index in [1.807, 2.05) is 38.1 Å². The predicted octanol–water partition coefficient (Wildman–Crippen LogP) is 3.53. The quantitative estimate of drug-likeness (QED) is 0.765. The number of benzene rings is 1. The van der Waals surface area contributed by atoms with Crippen LogP contribution in [0.2, 0.25) is 0 Å². The Morgan fingerprint density at radius 1 is 1.26 bits per heavy atom. The number of methoxy groups -OCH3 is 1. The van der Waals surface area contributed by atoms with Gasteiger partial charge in [0.05, 0.1) is 13.0 Å². The van der Waals surface area contributed by atoms with Gasteiger partial charge in [0.15, 0.2) is 0 Å². The first-order valence-electron chi connectivity index (χ1n) is 6.64. The highest BCUT2D eigenvalue weighted by Gasteiger charge is 2.48. The summed E-state index contributed by atoms with van der Waals surface area (Å²) >= 11 is 0. The van der Waals surface area contributed by atoms with Crippen molar-refractivity contribution in [3.63, 3.8) is 0 Å². The number of hydrogen-bond acceptors (Lipinski definition) is 3. The Labute approximate surface area is 114 Å². The molecule has 104 valence electrons. The molecule has 2 rings (SSSR count). The molecule has 1 atom stereocenters. The van der Waals surface area contributed by atoms with Crippen LogP contribution in [0.5, 0.6) is 5.75 Å². The second-order valence-electron chi connectivity index (χ2n) is 6.35. The van der Waals surface area contributed by atoms with Gasteiger partial charge in [-0.1, -0.05) is 26.0 Å². The van der Waals surface area contributed by atoms with E-state index in [4.69, 9.17) is 9.47 Å². The van der Waals surface area contributed by atoms with Crippen molar-refractivity contribution in [2.24, 2.45) is 5.41 Å². The maximum Gasteiger partial charge on any atom is 0.313 e. The molecule has 0 saturated carbocycles. The molecule has 1 aromatic rings. The molecular weight excluding hydrogens is 240 g/mol. The van der Waals surface area contributed by atoms with E-state index in [0.717, 1.165) is 17.7 Å². The number of cyclic esters (lactones) is 1. The van der Waals surface area contributed by atoms with E-state index in [1.165, 1.54) is 0 Å². The van der Waals surface area contributed by atoms with Gasteiger partial charge in [-0.15, -0.1) is 0 Å². The van der Waals surface area contributed by atoms with Gasteiger partial charge >= 0.3 is 5.97 Å². The first-order chi connectivity index (χ1) is 8.77. The Hall–Kier alpha value is -1.51. The number of carbonyl (C=O) groups excluding carboxylic acids is 1. The second-order valence-corrected chi connectivity index (χ2v) is 6.35. The highest BCUT2D eigenvalue weighted by Crippen LogP contribution is 2.47. The Balaban J connectivity index is 2.33. The van der Waals surface area contributed by atoms with Crippen LogP contribution in [0.1, 0.15) is 45.6 Å². The summed E-state index contributed by atoms with van der Waals surface area (Å²) in [6.07, 6.45) is 0.784. The summed E-state index contributed by atoms with van der Waals surface area (Å²) in [6.45, 7) is 8.25. The number of carbonyl (C=O) groups is 1. The maximum atomic E-state index is 12.2. The zero-order valence-electron chi connectivity index (χ0n) is 12.3. The van der Waals surface area contributed by atoms with Gasteiger partial charge in [0.1, 0.15) is 11.4 Å². The van der Waals surface area contributed by atoms with Crippen molar-refractivity contribution in [1.29, 1.82) is 0 Å². The third-order valence-electron chi connectivity index (χ3n) is 4.48. The van der Waals surface area contributed by atoms with Crippen molar-refractivity contribution in [3.05, 3.63) is 29.8 Å². The molecule has 0 amide bonds. The van der Waals surface area contributed by atoms with Crippen LogP contribution in [0.15, 0.2) is 24.3 Å². The third kappa shape index (κ3) is 2.46. The van der Waals surface area contributed by atoms with Crippen molar-refractivity contribution in [2.75, 3.05) is 7.11 Å². The van der Waals surface area contributed by atoms with Gasteiger partial charge in [-0.05, 0) is 38.0 Å². The Bertz CT molecular complexity index is 489. The van der Waals surface area contributed by atoms with Crippen LogP contribution < -0.4 is 4.74 Å². The molecule has 0 N–H and O–H groups in total. The molecule has 19 heavy (non-hydrogen) atoms. The molecule has 3 heteroatoms. The average molecular weight is 262 g/mol. The highest BCUT2D eigenvalue weighted by molar-refractivity contribution is 5.79. The number of rotatable bonds is 2. The molecule has 3 nitrogen and oxygen atoms in total. The minimum absolute atomic E-state index is 0.0609. The predicted molar refractivity (Wildman–Crippen MR) is 74.3 cm³/mol. The van der Waals surface area contributed by atoms with Gasteiger partial charge in [0.25, 0.3) is 0 Å². The van der Waals surface area contributed by atoms with Crippen LogP contribution in [0.4, 0.5) is 0 Å². The fourth-order valence-corrected chi connectivity index (χ4v) is 2.41. The molecule has 0 radical (unpaired) electrons. The van der Waals surface area contributed by atoms with Crippen molar-refractivity contribution in [3.8, 4) is 5.75 Å². The van der Waals surface area contributed by atoms with Crippen LogP contribution in [0, 0.1) is 5.41 Å². The Kier molecular flexibility index (Phi) is 3.33. The zero-order chi connectivity index (χ0) is 14.3. The van der Waals surface area contributed by atoms with E-state index < -0.39 is 5.60 Å². The minimum atomic E-state index is -0.431. The van der Waals surface area contributed by atoms with Gasteiger partial charge in [0, 0.05) is 5.41 Å². The summed E-state index contributed by atoms with van der Waals surface area (Å²) in [5, 5.41) is 0. The number of esters is 1. The summed E-state index contributed by atoms with van der Waals surface area (Å²) in [4.78, 5) is 12.2. The normalized spacial score (nSPS) is 24.7. The lowest BCUT2D eigenvalue weighted by Gasteiger charge is -2.47. The third-order valence-corrected chi connectivity index (χ3v) is 4.48. The fourth-order valence-electron chi connectivity index (χ4n) is 2.41. The first-order valence-corrected chi connectivity index (χ1v) is 6.64. The van der Waals surface area contributed by atoms with Crippen molar-refractivity contribution in [2.45, 2.75) is 45.6 Å². The van der Waals surface area contributed by atoms with Crippen molar-refractivity contribution in [1.82, 2.24) is 0 Å². The van der Waals surface area contributed by atoms with Crippen LogP contribution in [0.3, 0.4) is 0 Å². The SMILES string of the molecule is COc1cccc(C2CC(C)(C)C(C)(C)OC2=O)c1. The lowest BCUT2D eigenvalue weighted by atomic mass is 9.68. The molecule has 1 aliphatic rings. The first kappa shape index (κ1) is 13.9. The van der Waals surface area contributed by atoms with Gasteiger partial charge in [0.2, 0.25) is 0 Å². The second kappa shape index (κ2) is 4.55. The lowest BCUT2D eigenvalue weighted by molar-refractivity contribution is -0.184. The largest absolute Gasteiger partial charge is 0.497 e. The van der Waals surface area contributed by atoms with Crippen LogP contribution in [-0.2, 0) is 9.53 Å². The Morgan fingerprint density at radius 3 is 2.58 bits per heavy atom. The lowest BCUT2D eigenvalue weighted by Crippen LogP contribution is -2.50. The minimum Gasteiger partial charge on any atom is -0.497 e. The monoisotopic (exact) mass is 262 g/mol. The summed E-state index contributed by atoms with van der Waals surface area (Å²) < 4.78 is 10.9.